The topological polar surface area (TPSA) is 28.2 Å². The van der Waals surface area contributed by atoms with Crippen LogP contribution in [0.2, 0.25) is 0 Å². The van der Waals surface area contributed by atoms with Gasteiger partial charge in [0, 0.05) is 30.2 Å². The summed E-state index contributed by atoms with van der Waals surface area (Å²) in [5.41, 5.74) is 0.210. The molecule has 1 aliphatic heterocycles. The van der Waals surface area contributed by atoms with E-state index in [1.165, 1.54) is 11.4 Å². The fourth-order valence-electron chi connectivity index (χ4n) is 2.28. The molecule has 0 bridgehead atoms. The summed E-state index contributed by atoms with van der Waals surface area (Å²) in [4.78, 5) is 6.97. The highest BCUT2D eigenvalue weighted by molar-refractivity contribution is 7.09. The minimum Gasteiger partial charge on any atom is -0.310 e. The van der Waals surface area contributed by atoms with Gasteiger partial charge in [-0.25, -0.2) is 4.98 Å². The van der Waals surface area contributed by atoms with Gasteiger partial charge in [-0.1, -0.05) is 0 Å². The van der Waals surface area contributed by atoms with Crippen LogP contribution in [-0.2, 0) is 0 Å². The van der Waals surface area contributed by atoms with Crippen LogP contribution in [0.4, 0.5) is 0 Å². The number of thiazole rings is 1. The van der Waals surface area contributed by atoms with Crippen molar-refractivity contribution in [1.82, 2.24) is 15.2 Å². The Morgan fingerprint density at radius 2 is 2.38 bits per heavy atom. The highest BCUT2D eigenvalue weighted by atomic mass is 32.1. The molecule has 0 saturated carbocycles. The average molecular weight is 239 g/mol. The predicted octanol–water partition coefficient (Wildman–Crippen LogP) is 2.28. The first-order valence-corrected chi connectivity index (χ1v) is 6.85. The van der Waals surface area contributed by atoms with Gasteiger partial charge < -0.3 is 5.32 Å². The fraction of sp³-hybridized carbons (Fsp3) is 0.750. The van der Waals surface area contributed by atoms with Gasteiger partial charge in [-0.05, 0) is 33.7 Å². The molecule has 1 aromatic heterocycles. The van der Waals surface area contributed by atoms with E-state index in [0.29, 0.717) is 6.04 Å². The van der Waals surface area contributed by atoms with Crippen LogP contribution in [-0.4, -0.2) is 35.1 Å². The Morgan fingerprint density at radius 3 is 3.06 bits per heavy atom. The quantitative estimate of drug-likeness (QED) is 0.858. The summed E-state index contributed by atoms with van der Waals surface area (Å²) in [6.07, 6.45) is 3.12. The molecule has 3 nitrogen and oxygen atoms in total. The third-order valence-corrected chi connectivity index (χ3v) is 4.13. The van der Waals surface area contributed by atoms with Crippen molar-refractivity contribution in [2.45, 2.75) is 38.8 Å². The molecule has 2 rings (SSSR count). The number of nitrogens with one attached hydrogen (secondary N) is 1. The van der Waals surface area contributed by atoms with Crippen LogP contribution >= 0.6 is 11.3 Å². The fourth-order valence-corrected chi connectivity index (χ4v) is 3.01. The van der Waals surface area contributed by atoms with Crippen molar-refractivity contribution in [3.8, 4) is 0 Å². The number of aromatic nitrogens is 1. The molecule has 1 aromatic rings. The Hall–Kier alpha value is -0.450. The van der Waals surface area contributed by atoms with E-state index in [0.717, 1.165) is 19.6 Å². The van der Waals surface area contributed by atoms with Crippen LogP contribution in [0.1, 0.15) is 38.2 Å². The molecule has 1 atom stereocenters. The average Bonchev–Trinajstić information content (AvgIpc) is 2.68. The molecule has 1 N–H and O–H groups in total. The first-order chi connectivity index (χ1) is 7.58. The van der Waals surface area contributed by atoms with Gasteiger partial charge in [0.2, 0.25) is 0 Å². The van der Waals surface area contributed by atoms with Crippen molar-refractivity contribution in [1.29, 1.82) is 0 Å². The van der Waals surface area contributed by atoms with Crippen LogP contribution in [0.3, 0.4) is 0 Å². The second-order valence-corrected chi connectivity index (χ2v) is 6.11. The molecule has 0 amide bonds. The lowest BCUT2D eigenvalue weighted by Gasteiger charge is -2.33. The Kier molecular flexibility index (Phi) is 3.62. The van der Waals surface area contributed by atoms with E-state index < -0.39 is 0 Å². The largest absolute Gasteiger partial charge is 0.310 e. The summed E-state index contributed by atoms with van der Waals surface area (Å²) in [6.45, 7) is 10.2. The van der Waals surface area contributed by atoms with E-state index >= 15 is 0 Å². The maximum atomic E-state index is 4.43. The van der Waals surface area contributed by atoms with Crippen LogP contribution < -0.4 is 5.32 Å². The summed E-state index contributed by atoms with van der Waals surface area (Å²) in [5.74, 6) is 0. The zero-order valence-corrected chi connectivity index (χ0v) is 11.2. The molecule has 16 heavy (non-hydrogen) atoms. The molecule has 0 radical (unpaired) electrons. The van der Waals surface area contributed by atoms with E-state index in [1.54, 1.807) is 11.3 Å². The van der Waals surface area contributed by atoms with Gasteiger partial charge in [-0.3, -0.25) is 4.90 Å². The molecular formula is C12H21N3S. The Balaban J connectivity index is 2.08. The number of hydrogen-bond acceptors (Lipinski definition) is 4. The molecule has 1 aliphatic rings. The molecule has 1 unspecified atom stereocenters. The highest BCUT2D eigenvalue weighted by Gasteiger charge is 2.27. The Labute approximate surface area is 102 Å². The zero-order chi connectivity index (χ0) is 11.6. The lowest BCUT2D eigenvalue weighted by Crippen LogP contribution is -2.46. The monoisotopic (exact) mass is 239 g/mol. The van der Waals surface area contributed by atoms with E-state index in [9.17, 15) is 0 Å². The maximum absolute atomic E-state index is 4.43. The zero-order valence-electron chi connectivity index (χ0n) is 10.4. The lowest BCUT2D eigenvalue weighted by molar-refractivity contribution is 0.180. The van der Waals surface area contributed by atoms with Gasteiger partial charge in [-0.2, -0.15) is 0 Å². The molecule has 0 aromatic carbocycles. The number of hydrogen-bond donors (Lipinski definition) is 1. The maximum Gasteiger partial charge on any atom is 0.109 e. The Morgan fingerprint density at radius 1 is 1.56 bits per heavy atom. The van der Waals surface area contributed by atoms with Crippen molar-refractivity contribution >= 4 is 11.3 Å². The smallest absolute Gasteiger partial charge is 0.109 e. The number of nitrogens with zero attached hydrogens (tertiary/aromatic N) is 2. The molecule has 2 heterocycles. The van der Waals surface area contributed by atoms with Gasteiger partial charge >= 0.3 is 0 Å². The van der Waals surface area contributed by atoms with Crippen molar-refractivity contribution in [2.75, 3.05) is 19.6 Å². The van der Waals surface area contributed by atoms with Crippen LogP contribution in [0, 0.1) is 0 Å². The first-order valence-electron chi connectivity index (χ1n) is 5.97. The van der Waals surface area contributed by atoms with Crippen molar-refractivity contribution in [3.05, 3.63) is 16.6 Å². The molecule has 90 valence electrons. The van der Waals surface area contributed by atoms with E-state index in [-0.39, 0.29) is 5.54 Å². The summed E-state index contributed by atoms with van der Waals surface area (Å²) < 4.78 is 0. The second-order valence-electron chi connectivity index (χ2n) is 5.18. The van der Waals surface area contributed by atoms with E-state index in [1.807, 2.05) is 6.20 Å². The number of rotatable bonds is 2. The summed E-state index contributed by atoms with van der Waals surface area (Å²) in [7, 11) is 0. The SMILES string of the molecule is CC(c1nccs1)N1CCCNC(C)(C)C1. The molecule has 1 fully saturated rings. The Bertz CT molecular complexity index is 321. The molecule has 0 spiro atoms. The van der Waals surface area contributed by atoms with Gasteiger partial charge in [0.05, 0.1) is 6.04 Å². The second kappa shape index (κ2) is 4.82. The van der Waals surface area contributed by atoms with Crippen LogP contribution in [0.25, 0.3) is 0 Å². The minimum atomic E-state index is 0.210. The normalized spacial score (nSPS) is 23.9. The van der Waals surface area contributed by atoms with E-state index in [2.05, 4.69) is 41.4 Å². The summed E-state index contributed by atoms with van der Waals surface area (Å²) >= 11 is 1.76. The third-order valence-electron chi connectivity index (χ3n) is 3.18. The van der Waals surface area contributed by atoms with Crippen molar-refractivity contribution < 1.29 is 0 Å². The van der Waals surface area contributed by atoms with Crippen LogP contribution in [0.5, 0.6) is 0 Å². The third kappa shape index (κ3) is 2.81. The predicted molar refractivity (Wildman–Crippen MR) is 68.8 cm³/mol. The van der Waals surface area contributed by atoms with Crippen LogP contribution in [0.15, 0.2) is 11.6 Å². The first kappa shape index (κ1) is 12.0. The molecule has 0 aliphatic carbocycles. The summed E-state index contributed by atoms with van der Waals surface area (Å²) in [6, 6.07) is 0.444. The lowest BCUT2D eigenvalue weighted by atomic mass is 10.0. The van der Waals surface area contributed by atoms with Gasteiger partial charge in [0.25, 0.3) is 0 Å². The van der Waals surface area contributed by atoms with Crippen molar-refractivity contribution in [2.24, 2.45) is 0 Å². The summed E-state index contributed by atoms with van der Waals surface area (Å²) in [5, 5.41) is 6.89. The molecule has 4 heteroatoms. The minimum absolute atomic E-state index is 0.210. The standard InChI is InChI=1S/C12H21N3S/c1-10(11-13-6-8-16-11)15-7-4-5-14-12(2,3)9-15/h6,8,10,14H,4-5,7,9H2,1-3H3. The molecule has 1 saturated heterocycles. The van der Waals surface area contributed by atoms with E-state index in [4.69, 9.17) is 0 Å². The van der Waals surface area contributed by atoms with Gasteiger partial charge in [0.15, 0.2) is 0 Å². The molecular weight excluding hydrogens is 218 g/mol. The van der Waals surface area contributed by atoms with Gasteiger partial charge in [-0.15, -0.1) is 11.3 Å². The van der Waals surface area contributed by atoms with Crippen molar-refractivity contribution in [3.63, 3.8) is 0 Å². The highest BCUT2D eigenvalue weighted by Crippen LogP contribution is 2.25. The van der Waals surface area contributed by atoms with Gasteiger partial charge in [0.1, 0.15) is 5.01 Å².